The summed E-state index contributed by atoms with van der Waals surface area (Å²) in [5.74, 6) is -0.744. The molecule has 0 saturated carbocycles. The summed E-state index contributed by atoms with van der Waals surface area (Å²) < 4.78 is 39.7. The number of halogens is 3. The SMILES string of the molecule is CCCCCCCCCCCCCCCCC(=O)OCC(F)(F)F. The van der Waals surface area contributed by atoms with Gasteiger partial charge in [-0.25, -0.2) is 0 Å². The van der Waals surface area contributed by atoms with Gasteiger partial charge in [-0.15, -0.1) is 0 Å². The summed E-state index contributed by atoms with van der Waals surface area (Å²) in [6.07, 6.45) is 12.6. The number of carbonyl (C=O) groups excluding carboxylic acids is 1. The van der Waals surface area contributed by atoms with Gasteiger partial charge in [0.15, 0.2) is 6.61 Å². The molecule has 0 radical (unpaired) electrons. The molecule has 0 unspecified atom stereocenters. The Balaban J connectivity index is 3.16. The van der Waals surface area contributed by atoms with Gasteiger partial charge in [0.2, 0.25) is 0 Å². The van der Waals surface area contributed by atoms with E-state index >= 15 is 0 Å². The summed E-state index contributed by atoms with van der Waals surface area (Å²) >= 11 is 0. The lowest BCUT2D eigenvalue weighted by Gasteiger charge is -2.07. The molecule has 0 aliphatic rings. The highest BCUT2D eigenvalue weighted by atomic mass is 19.4. The van der Waals surface area contributed by atoms with E-state index in [1.807, 2.05) is 0 Å². The molecule has 0 amide bonds. The van der Waals surface area contributed by atoms with E-state index in [1.165, 1.54) is 64.2 Å². The third-order valence-corrected chi connectivity index (χ3v) is 4.13. The molecule has 0 N–H and O–H groups in total. The molecule has 0 aromatic carbocycles. The van der Waals surface area contributed by atoms with Gasteiger partial charge < -0.3 is 4.74 Å². The van der Waals surface area contributed by atoms with Crippen LogP contribution in [0.15, 0.2) is 0 Å². The molecule has 0 aliphatic heterocycles. The van der Waals surface area contributed by atoms with Crippen LogP contribution >= 0.6 is 0 Å². The van der Waals surface area contributed by atoms with Crippen LogP contribution in [0.2, 0.25) is 0 Å². The van der Waals surface area contributed by atoms with Crippen molar-refractivity contribution in [3.8, 4) is 0 Å². The molecule has 2 nitrogen and oxygen atoms in total. The van der Waals surface area contributed by atoms with Gasteiger partial charge in [-0.3, -0.25) is 4.79 Å². The first kappa shape index (κ1) is 23.3. The summed E-state index contributed by atoms with van der Waals surface area (Å²) in [7, 11) is 0. The molecule has 0 aromatic heterocycles. The maximum atomic E-state index is 11.8. The van der Waals surface area contributed by atoms with Gasteiger partial charge in [0.05, 0.1) is 0 Å². The van der Waals surface area contributed by atoms with Crippen LogP contribution in [0.25, 0.3) is 0 Å². The third-order valence-electron chi connectivity index (χ3n) is 4.13. The highest BCUT2D eigenvalue weighted by molar-refractivity contribution is 5.69. The Labute approximate surface area is 145 Å². The minimum absolute atomic E-state index is 0.0914. The van der Waals surface area contributed by atoms with Crippen LogP contribution in [0.4, 0.5) is 13.2 Å². The van der Waals surface area contributed by atoms with Crippen LogP contribution in [-0.2, 0) is 9.53 Å². The van der Waals surface area contributed by atoms with E-state index in [-0.39, 0.29) is 6.42 Å². The third kappa shape index (κ3) is 19.3. The summed E-state index contributed by atoms with van der Waals surface area (Å²) in [6.45, 7) is 0.768. The van der Waals surface area contributed by atoms with E-state index in [1.54, 1.807) is 0 Å². The topological polar surface area (TPSA) is 26.3 Å². The van der Waals surface area contributed by atoms with Crippen molar-refractivity contribution in [2.75, 3.05) is 6.61 Å². The minimum atomic E-state index is -4.43. The molecule has 24 heavy (non-hydrogen) atoms. The van der Waals surface area contributed by atoms with Crippen molar-refractivity contribution in [1.29, 1.82) is 0 Å². The van der Waals surface area contributed by atoms with Crippen LogP contribution in [-0.4, -0.2) is 18.8 Å². The molecule has 0 fully saturated rings. The normalized spacial score (nSPS) is 11.7. The molecule has 0 heterocycles. The van der Waals surface area contributed by atoms with Crippen molar-refractivity contribution in [3.63, 3.8) is 0 Å². The fourth-order valence-electron chi connectivity index (χ4n) is 2.70. The Morgan fingerprint density at radius 3 is 1.46 bits per heavy atom. The molecule has 0 aromatic rings. The molecule has 0 bridgehead atoms. The first-order valence-electron chi connectivity index (χ1n) is 9.68. The maximum Gasteiger partial charge on any atom is 0.422 e. The summed E-state index contributed by atoms with van der Waals surface area (Å²) in [5, 5.41) is 0. The second-order valence-electron chi connectivity index (χ2n) is 6.62. The van der Waals surface area contributed by atoms with Crippen molar-refractivity contribution < 1.29 is 22.7 Å². The molecular formula is C19H35F3O2. The van der Waals surface area contributed by atoms with E-state index in [9.17, 15) is 18.0 Å². The zero-order valence-electron chi connectivity index (χ0n) is 15.3. The standard InChI is InChI=1S/C19H35F3O2/c1-2-3-4-5-6-7-8-9-10-11-12-13-14-15-16-18(23)24-17-19(20,21)22/h2-17H2,1H3. The van der Waals surface area contributed by atoms with E-state index in [4.69, 9.17) is 0 Å². The Hall–Kier alpha value is -0.740. The van der Waals surface area contributed by atoms with Gasteiger partial charge in [0, 0.05) is 6.42 Å². The van der Waals surface area contributed by atoms with E-state index in [0.29, 0.717) is 6.42 Å². The number of hydrogen-bond acceptors (Lipinski definition) is 2. The van der Waals surface area contributed by atoms with E-state index in [2.05, 4.69) is 11.7 Å². The Kier molecular flexibility index (Phi) is 15.3. The second kappa shape index (κ2) is 15.8. The predicted molar refractivity (Wildman–Crippen MR) is 91.9 cm³/mol. The van der Waals surface area contributed by atoms with Gasteiger partial charge in [-0.2, -0.15) is 13.2 Å². The monoisotopic (exact) mass is 352 g/mol. The first-order valence-corrected chi connectivity index (χ1v) is 9.68. The predicted octanol–water partition coefficient (Wildman–Crippen LogP) is 6.96. The lowest BCUT2D eigenvalue weighted by molar-refractivity contribution is -0.186. The molecule has 0 rings (SSSR count). The van der Waals surface area contributed by atoms with Gasteiger partial charge in [0.25, 0.3) is 0 Å². The summed E-state index contributed by atoms with van der Waals surface area (Å²) in [5.41, 5.74) is 0. The van der Waals surface area contributed by atoms with E-state index < -0.39 is 18.8 Å². The number of alkyl halides is 3. The van der Waals surface area contributed by atoms with Crippen LogP contribution in [0.3, 0.4) is 0 Å². The van der Waals surface area contributed by atoms with Crippen molar-refractivity contribution in [1.82, 2.24) is 0 Å². The summed E-state index contributed by atoms with van der Waals surface area (Å²) in [4.78, 5) is 11.1. The molecule has 5 heteroatoms. The van der Waals surface area contributed by atoms with Gasteiger partial charge in [-0.05, 0) is 6.42 Å². The number of rotatable bonds is 16. The lowest BCUT2D eigenvalue weighted by atomic mass is 10.0. The largest absolute Gasteiger partial charge is 0.456 e. The van der Waals surface area contributed by atoms with Gasteiger partial charge >= 0.3 is 12.1 Å². The number of esters is 1. The Bertz CT molecular complexity index is 291. The minimum Gasteiger partial charge on any atom is -0.456 e. The van der Waals surface area contributed by atoms with Crippen LogP contribution < -0.4 is 0 Å². The highest BCUT2D eigenvalue weighted by Crippen LogP contribution is 2.16. The average Bonchev–Trinajstić information content (AvgIpc) is 2.52. The second-order valence-corrected chi connectivity index (χ2v) is 6.62. The van der Waals surface area contributed by atoms with Crippen molar-refractivity contribution >= 4 is 5.97 Å². The smallest absolute Gasteiger partial charge is 0.422 e. The lowest BCUT2D eigenvalue weighted by Crippen LogP contribution is -2.20. The number of carbonyl (C=O) groups is 1. The van der Waals surface area contributed by atoms with Crippen molar-refractivity contribution in [2.24, 2.45) is 0 Å². The number of ether oxygens (including phenoxy) is 1. The fraction of sp³-hybridized carbons (Fsp3) is 0.947. The first-order chi connectivity index (χ1) is 11.5. The quantitative estimate of drug-likeness (QED) is 0.222. The zero-order chi connectivity index (χ0) is 18.1. The fourth-order valence-corrected chi connectivity index (χ4v) is 2.70. The Morgan fingerprint density at radius 1 is 0.708 bits per heavy atom. The molecule has 0 spiro atoms. The average molecular weight is 352 g/mol. The van der Waals surface area contributed by atoms with Crippen LogP contribution in [0.1, 0.15) is 103 Å². The van der Waals surface area contributed by atoms with Crippen LogP contribution in [0.5, 0.6) is 0 Å². The van der Waals surface area contributed by atoms with Crippen LogP contribution in [0, 0.1) is 0 Å². The maximum absolute atomic E-state index is 11.8. The van der Waals surface area contributed by atoms with E-state index in [0.717, 1.165) is 19.3 Å². The molecule has 144 valence electrons. The Morgan fingerprint density at radius 2 is 1.08 bits per heavy atom. The summed E-state index contributed by atoms with van der Waals surface area (Å²) in [6, 6.07) is 0. The molecular weight excluding hydrogens is 317 g/mol. The zero-order valence-corrected chi connectivity index (χ0v) is 15.3. The molecule has 0 atom stereocenters. The molecule has 0 saturated heterocycles. The molecule has 0 aliphatic carbocycles. The van der Waals surface area contributed by atoms with Gasteiger partial charge in [-0.1, -0.05) is 90.4 Å². The highest BCUT2D eigenvalue weighted by Gasteiger charge is 2.29. The van der Waals surface area contributed by atoms with Gasteiger partial charge in [0.1, 0.15) is 0 Å². The number of unbranched alkanes of at least 4 members (excludes halogenated alkanes) is 13. The van der Waals surface area contributed by atoms with Crippen molar-refractivity contribution in [2.45, 2.75) is 109 Å². The van der Waals surface area contributed by atoms with Crippen molar-refractivity contribution in [3.05, 3.63) is 0 Å². The number of hydrogen-bond donors (Lipinski definition) is 0.